The molecule has 0 heterocycles. The van der Waals surface area contributed by atoms with Gasteiger partial charge < -0.3 is 10.2 Å². The highest BCUT2D eigenvalue weighted by atomic mass is 16.2. The maximum absolute atomic E-state index is 12.1. The lowest BCUT2D eigenvalue weighted by atomic mass is 9.97. The molecule has 0 radical (unpaired) electrons. The Morgan fingerprint density at radius 1 is 1.16 bits per heavy atom. The van der Waals surface area contributed by atoms with Crippen molar-refractivity contribution in [2.75, 3.05) is 13.1 Å². The van der Waals surface area contributed by atoms with Crippen LogP contribution in [0, 0.1) is 6.92 Å². The van der Waals surface area contributed by atoms with E-state index in [1.165, 1.54) is 24.0 Å². The van der Waals surface area contributed by atoms with Crippen LogP contribution in [0.2, 0.25) is 0 Å². The quantitative estimate of drug-likeness (QED) is 0.732. The summed E-state index contributed by atoms with van der Waals surface area (Å²) < 4.78 is 0. The molecule has 0 aromatic heterocycles. The molecular formula is C21H30N2O2. The molecule has 4 nitrogen and oxygen atoms in total. The van der Waals surface area contributed by atoms with E-state index in [1.807, 2.05) is 31.2 Å². The summed E-state index contributed by atoms with van der Waals surface area (Å²) >= 11 is 0. The molecular weight excluding hydrogens is 312 g/mol. The standard InChI is InChI=1S/C21H30N2O2/c1-17-8-6-7-11-20(17)16-22-21(25)13-15-23(18(2)24)14-12-19-9-4-3-5-10-19/h6-9,11H,3-5,10,12-16H2,1-2H3,(H,22,25). The van der Waals surface area contributed by atoms with Gasteiger partial charge in [0.15, 0.2) is 0 Å². The minimum absolute atomic E-state index is 0.00798. The lowest BCUT2D eigenvalue weighted by molar-refractivity contribution is -0.129. The maximum atomic E-state index is 12.1. The van der Waals surface area contributed by atoms with Gasteiger partial charge in [-0.15, -0.1) is 0 Å². The van der Waals surface area contributed by atoms with Gasteiger partial charge in [-0.25, -0.2) is 0 Å². The minimum Gasteiger partial charge on any atom is -0.352 e. The molecule has 2 rings (SSSR count). The molecule has 25 heavy (non-hydrogen) atoms. The third-order valence-corrected chi connectivity index (χ3v) is 4.88. The number of hydrogen-bond acceptors (Lipinski definition) is 2. The van der Waals surface area contributed by atoms with Gasteiger partial charge in [0.1, 0.15) is 0 Å². The number of amides is 2. The zero-order valence-electron chi connectivity index (χ0n) is 15.5. The average molecular weight is 342 g/mol. The van der Waals surface area contributed by atoms with Crippen molar-refractivity contribution < 1.29 is 9.59 Å². The van der Waals surface area contributed by atoms with E-state index in [-0.39, 0.29) is 11.8 Å². The fraction of sp³-hybridized carbons (Fsp3) is 0.524. The van der Waals surface area contributed by atoms with Gasteiger partial charge in [-0.05, 0) is 50.2 Å². The number of nitrogens with zero attached hydrogens (tertiary/aromatic N) is 1. The molecule has 136 valence electrons. The van der Waals surface area contributed by atoms with Crippen LogP contribution in [0.4, 0.5) is 0 Å². The van der Waals surface area contributed by atoms with Crippen molar-refractivity contribution in [1.29, 1.82) is 0 Å². The Morgan fingerprint density at radius 2 is 1.96 bits per heavy atom. The molecule has 4 heteroatoms. The lowest BCUT2D eigenvalue weighted by Crippen LogP contribution is -2.34. The molecule has 0 unspecified atom stereocenters. The van der Waals surface area contributed by atoms with Crippen LogP contribution in [0.3, 0.4) is 0 Å². The molecule has 0 aliphatic heterocycles. The fourth-order valence-electron chi connectivity index (χ4n) is 3.16. The number of rotatable bonds is 8. The Bertz CT molecular complexity index is 622. The summed E-state index contributed by atoms with van der Waals surface area (Å²) in [6.07, 6.45) is 8.46. The van der Waals surface area contributed by atoms with Gasteiger partial charge in [-0.3, -0.25) is 9.59 Å². The molecule has 0 saturated carbocycles. The van der Waals surface area contributed by atoms with Crippen molar-refractivity contribution in [2.24, 2.45) is 0 Å². The van der Waals surface area contributed by atoms with E-state index < -0.39 is 0 Å². The Morgan fingerprint density at radius 3 is 2.64 bits per heavy atom. The van der Waals surface area contributed by atoms with Crippen LogP contribution in [0.15, 0.2) is 35.9 Å². The molecule has 0 atom stereocenters. The van der Waals surface area contributed by atoms with E-state index >= 15 is 0 Å². The SMILES string of the molecule is CC(=O)N(CCC(=O)NCc1ccccc1C)CCC1=CCCCC1. The van der Waals surface area contributed by atoms with E-state index in [4.69, 9.17) is 0 Å². The van der Waals surface area contributed by atoms with Crippen molar-refractivity contribution in [3.8, 4) is 0 Å². The third kappa shape index (κ3) is 6.73. The van der Waals surface area contributed by atoms with Crippen molar-refractivity contribution in [3.05, 3.63) is 47.0 Å². The summed E-state index contributed by atoms with van der Waals surface area (Å²) in [4.78, 5) is 25.7. The predicted octanol–water partition coefficient (Wildman–Crippen LogP) is 3.74. The molecule has 1 aromatic carbocycles. The topological polar surface area (TPSA) is 49.4 Å². The third-order valence-electron chi connectivity index (χ3n) is 4.88. The van der Waals surface area contributed by atoms with Crippen molar-refractivity contribution in [1.82, 2.24) is 10.2 Å². The van der Waals surface area contributed by atoms with Crippen molar-refractivity contribution in [3.63, 3.8) is 0 Å². The number of carbonyl (C=O) groups is 2. The van der Waals surface area contributed by atoms with Crippen LogP contribution in [0.25, 0.3) is 0 Å². The molecule has 1 aromatic rings. The highest BCUT2D eigenvalue weighted by Gasteiger charge is 2.13. The monoisotopic (exact) mass is 342 g/mol. The normalized spacial score (nSPS) is 13.9. The van der Waals surface area contributed by atoms with Crippen molar-refractivity contribution >= 4 is 11.8 Å². The van der Waals surface area contributed by atoms with Crippen LogP contribution in [-0.2, 0) is 16.1 Å². The minimum atomic E-state index is -0.00798. The number of carbonyl (C=O) groups excluding carboxylic acids is 2. The van der Waals surface area contributed by atoms with E-state index in [0.29, 0.717) is 26.1 Å². The smallest absolute Gasteiger partial charge is 0.222 e. The van der Waals surface area contributed by atoms with Crippen LogP contribution in [0.5, 0.6) is 0 Å². The first-order chi connectivity index (χ1) is 12.1. The Labute approximate surface area is 151 Å². The Hall–Kier alpha value is -2.10. The summed E-state index contributed by atoms with van der Waals surface area (Å²) in [5, 5.41) is 2.95. The van der Waals surface area contributed by atoms with Gasteiger partial charge in [0.2, 0.25) is 11.8 Å². The van der Waals surface area contributed by atoms with Gasteiger partial charge in [0.25, 0.3) is 0 Å². The summed E-state index contributed by atoms with van der Waals surface area (Å²) in [7, 11) is 0. The van der Waals surface area contributed by atoms with Gasteiger partial charge >= 0.3 is 0 Å². The molecule has 2 amide bonds. The number of benzene rings is 1. The first-order valence-electron chi connectivity index (χ1n) is 9.31. The molecule has 0 saturated heterocycles. The van der Waals surface area contributed by atoms with E-state index in [1.54, 1.807) is 11.8 Å². The molecule has 1 N–H and O–H groups in total. The lowest BCUT2D eigenvalue weighted by Gasteiger charge is -2.22. The highest BCUT2D eigenvalue weighted by molar-refractivity contribution is 5.78. The van der Waals surface area contributed by atoms with Crippen LogP contribution < -0.4 is 5.32 Å². The second kappa shape index (κ2) is 10.0. The average Bonchev–Trinajstić information content (AvgIpc) is 2.61. The van der Waals surface area contributed by atoms with E-state index in [9.17, 15) is 9.59 Å². The van der Waals surface area contributed by atoms with Gasteiger partial charge in [-0.1, -0.05) is 35.9 Å². The number of hydrogen-bond donors (Lipinski definition) is 1. The van der Waals surface area contributed by atoms with Gasteiger partial charge in [-0.2, -0.15) is 0 Å². The molecule has 1 aliphatic rings. The van der Waals surface area contributed by atoms with E-state index in [0.717, 1.165) is 24.8 Å². The summed E-state index contributed by atoms with van der Waals surface area (Å²) in [6.45, 7) is 5.37. The second-order valence-corrected chi connectivity index (χ2v) is 6.82. The Balaban J connectivity index is 1.74. The largest absolute Gasteiger partial charge is 0.352 e. The van der Waals surface area contributed by atoms with Gasteiger partial charge in [0.05, 0.1) is 0 Å². The second-order valence-electron chi connectivity index (χ2n) is 6.82. The first kappa shape index (κ1) is 19.2. The number of allylic oxidation sites excluding steroid dienone is 1. The Kier molecular flexibility index (Phi) is 7.71. The molecule has 0 spiro atoms. The molecule has 0 bridgehead atoms. The fourth-order valence-corrected chi connectivity index (χ4v) is 3.16. The highest BCUT2D eigenvalue weighted by Crippen LogP contribution is 2.20. The zero-order chi connectivity index (χ0) is 18.1. The maximum Gasteiger partial charge on any atom is 0.222 e. The van der Waals surface area contributed by atoms with E-state index in [2.05, 4.69) is 11.4 Å². The summed E-state index contributed by atoms with van der Waals surface area (Å²) in [5.74, 6) is 0.0366. The van der Waals surface area contributed by atoms with Crippen LogP contribution >= 0.6 is 0 Å². The number of nitrogens with one attached hydrogen (secondary N) is 1. The zero-order valence-corrected chi connectivity index (χ0v) is 15.5. The first-order valence-corrected chi connectivity index (χ1v) is 9.31. The van der Waals surface area contributed by atoms with Crippen LogP contribution in [0.1, 0.15) is 56.6 Å². The molecule has 1 aliphatic carbocycles. The van der Waals surface area contributed by atoms with Crippen molar-refractivity contribution in [2.45, 2.75) is 58.9 Å². The summed E-state index contributed by atoms with van der Waals surface area (Å²) in [5.41, 5.74) is 3.76. The predicted molar refractivity (Wildman–Crippen MR) is 101 cm³/mol. The van der Waals surface area contributed by atoms with Crippen LogP contribution in [-0.4, -0.2) is 29.8 Å². The molecule has 0 fully saturated rings. The summed E-state index contributed by atoms with van der Waals surface area (Å²) in [6, 6.07) is 8.04. The number of aryl methyl sites for hydroxylation is 1. The van der Waals surface area contributed by atoms with Gasteiger partial charge in [0, 0.05) is 33.0 Å².